The van der Waals surface area contributed by atoms with Gasteiger partial charge in [-0.05, 0) is 12.1 Å². The molecular formula is C12H6O. The normalized spacial score (nSPS) is 8.08. The third kappa shape index (κ3) is 1.48. The maximum absolute atomic E-state index is 9.46. The molecule has 60 valence electrons. The molecule has 0 aliphatic carbocycles. The van der Waals surface area contributed by atoms with Crippen LogP contribution >= 0.6 is 0 Å². The number of benzene rings is 1. The topological polar surface area (TPSA) is 20.2 Å². The van der Waals surface area contributed by atoms with Gasteiger partial charge in [0.25, 0.3) is 0 Å². The number of phenolic OH excluding ortho intramolecular Hbond substituents is 1. The Morgan fingerprint density at radius 1 is 0.923 bits per heavy atom. The lowest BCUT2D eigenvalue weighted by Gasteiger charge is -2.01. The zero-order chi connectivity index (χ0) is 9.84. The molecule has 0 saturated heterocycles. The van der Waals surface area contributed by atoms with Crippen LogP contribution in [0, 0.1) is 37.0 Å². The second kappa shape index (κ2) is 3.40. The average Bonchev–Trinajstić information content (AvgIpc) is 2.18. The third-order valence-corrected chi connectivity index (χ3v) is 1.59. The standard InChI is InChI=1S/C12H6O/c1-4-9-7-10(5-2)12(13)11(6-3)8-9/h1-3,7-8,13H. The summed E-state index contributed by atoms with van der Waals surface area (Å²) < 4.78 is 0. The lowest BCUT2D eigenvalue weighted by molar-refractivity contribution is 0.472. The van der Waals surface area contributed by atoms with Crippen LogP contribution < -0.4 is 0 Å². The van der Waals surface area contributed by atoms with Crippen molar-refractivity contribution >= 4 is 0 Å². The fourth-order valence-corrected chi connectivity index (χ4v) is 0.938. The van der Waals surface area contributed by atoms with Gasteiger partial charge < -0.3 is 5.11 Å². The van der Waals surface area contributed by atoms with Gasteiger partial charge in [-0.3, -0.25) is 0 Å². The largest absolute Gasteiger partial charge is 0.505 e. The number of aromatic hydroxyl groups is 1. The van der Waals surface area contributed by atoms with E-state index in [0.717, 1.165) is 0 Å². The van der Waals surface area contributed by atoms with Crippen molar-refractivity contribution in [3.63, 3.8) is 0 Å². The maximum atomic E-state index is 9.46. The first-order chi connectivity index (χ1) is 6.22. The van der Waals surface area contributed by atoms with Crippen molar-refractivity contribution in [1.82, 2.24) is 0 Å². The molecule has 0 fully saturated rings. The van der Waals surface area contributed by atoms with Crippen LogP contribution in [0.25, 0.3) is 0 Å². The van der Waals surface area contributed by atoms with E-state index in [2.05, 4.69) is 17.8 Å². The molecule has 0 aliphatic heterocycles. The summed E-state index contributed by atoms with van der Waals surface area (Å²) in [5, 5.41) is 9.46. The van der Waals surface area contributed by atoms with Gasteiger partial charge in [-0.25, -0.2) is 0 Å². The summed E-state index contributed by atoms with van der Waals surface area (Å²) in [6.45, 7) is 0. The predicted molar refractivity (Wildman–Crippen MR) is 51.9 cm³/mol. The summed E-state index contributed by atoms with van der Waals surface area (Å²) in [6.07, 6.45) is 15.5. The highest BCUT2D eigenvalue weighted by molar-refractivity contribution is 5.59. The van der Waals surface area contributed by atoms with Crippen molar-refractivity contribution < 1.29 is 5.11 Å². The number of rotatable bonds is 0. The Balaban J connectivity index is 3.53. The summed E-state index contributed by atoms with van der Waals surface area (Å²) >= 11 is 0. The van der Waals surface area contributed by atoms with Crippen molar-refractivity contribution in [2.75, 3.05) is 0 Å². The van der Waals surface area contributed by atoms with Crippen molar-refractivity contribution in [2.45, 2.75) is 0 Å². The molecule has 0 aliphatic rings. The van der Waals surface area contributed by atoms with Gasteiger partial charge in [-0.2, -0.15) is 0 Å². The number of hydrogen-bond donors (Lipinski definition) is 1. The minimum absolute atomic E-state index is 0.0657. The molecular weight excluding hydrogens is 160 g/mol. The Morgan fingerprint density at radius 3 is 1.69 bits per heavy atom. The molecule has 1 heteroatoms. The molecule has 1 rings (SSSR count). The van der Waals surface area contributed by atoms with Gasteiger partial charge in [0.1, 0.15) is 5.75 Å². The SMILES string of the molecule is C#Cc1cc(C#C)c(O)c(C#C)c1. The van der Waals surface area contributed by atoms with Gasteiger partial charge in [0.05, 0.1) is 11.1 Å². The highest BCUT2D eigenvalue weighted by Gasteiger charge is 2.04. The van der Waals surface area contributed by atoms with E-state index in [4.69, 9.17) is 19.3 Å². The molecule has 0 saturated carbocycles. The quantitative estimate of drug-likeness (QED) is 0.576. The Kier molecular flexibility index (Phi) is 2.30. The van der Waals surface area contributed by atoms with Crippen molar-refractivity contribution in [3.05, 3.63) is 28.8 Å². The van der Waals surface area contributed by atoms with Crippen molar-refractivity contribution in [3.8, 4) is 42.8 Å². The summed E-state index contributed by atoms with van der Waals surface area (Å²) in [4.78, 5) is 0. The van der Waals surface area contributed by atoms with Crippen LogP contribution in [0.15, 0.2) is 12.1 Å². The number of phenols is 1. The maximum Gasteiger partial charge on any atom is 0.146 e. The van der Waals surface area contributed by atoms with Crippen molar-refractivity contribution in [2.24, 2.45) is 0 Å². The van der Waals surface area contributed by atoms with E-state index in [1.165, 1.54) is 12.1 Å². The summed E-state index contributed by atoms with van der Waals surface area (Å²) in [6, 6.07) is 3.08. The molecule has 13 heavy (non-hydrogen) atoms. The monoisotopic (exact) mass is 166 g/mol. The molecule has 0 unspecified atom stereocenters. The fourth-order valence-electron chi connectivity index (χ4n) is 0.938. The number of hydrogen-bond acceptors (Lipinski definition) is 1. The van der Waals surface area contributed by atoms with Crippen LogP contribution in [-0.2, 0) is 0 Å². The van der Waals surface area contributed by atoms with Gasteiger partial charge in [0.2, 0.25) is 0 Å². The summed E-state index contributed by atoms with van der Waals surface area (Å²) in [5.41, 5.74) is 1.21. The molecule has 1 N–H and O–H groups in total. The first kappa shape index (κ1) is 8.79. The van der Waals surface area contributed by atoms with E-state index in [9.17, 15) is 5.11 Å². The minimum Gasteiger partial charge on any atom is -0.505 e. The summed E-state index contributed by atoms with van der Waals surface area (Å²) in [5.74, 6) is 6.94. The number of terminal acetylenes is 3. The first-order valence-electron chi connectivity index (χ1n) is 3.49. The van der Waals surface area contributed by atoms with Gasteiger partial charge in [0.15, 0.2) is 0 Å². The van der Waals surface area contributed by atoms with Crippen LogP contribution in [0.5, 0.6) is 5.75 Å². The Bertz CT molecular complexity index is 426. The lowest BCUT2D eigenvalue weighted by Crippen LogP contribution is -1.85. The zero-order valence-electron chi connectivity index (χ0n) is 6.83. The second-order valence-electron chi connectivity index (χ2n) is 2.35. The van der Waals surface area contributed by atoms with Crippen molar-refractivity contribution in [1.29, 1.82) is 0 Å². The zero-order valence-corrected chi connectivity index (χ0v) is 6.83. The molecule has 0 amide bonds. The van der Waals surface area contributed by atoms with Crippen LogP contribution in [0.4, 0.5) is 0 Å². The smallest absolute Gasteiger partial charge is 0.146 e. The molecule has 0 atom stereocenters. The predicted octanol–water partition coefficient (Wildman–Crippen LogP) is 1.34. The molecule has 1 aromatic rings. The first-order valence-corrected chi connectivity index (χ1v) is 3.49. The van der Waals surface area contributed by atoms with Gasteiger partial charge in [-0.1, -0.05) is 17.8 Å². The third-order valence-electron chi connectivity index (χ3n) is 1.59. The highest BCUT2D eigenvalue weighted by atomic mass is 16.3. The second-order valence-corrected chi connectivity index (χ2v) is 2.35. The van der Waals surface area contributed by atoms with Crippen LogP contribution in [0.1, 0.15) is 16.7 Å². The highest BCUT2D eigenvalue weighted by Crippen LogP contribution is 2.22. The molecule has 0 radical (unpaired) electrons. The van der Waals surface area contributed by atoms with E-state index in [-0.39, 0.29) is 5.75 Å². The van der Waals surface area contributed by atoms with Crippen LogP contribution in [0.3, 0.4) is 0 Å². The molecule has 1 aromatic carbocycles. The summed E-state index contributed by atoms with van der Waals surface area (Å²) in [7, 11) is 0. The average molecular weight is 166 g/mol. The van der Waals surface area contributed by atoms with E-state index < -0.39 is 0 Å². The fraction of sp³-hybridized carbons (Fsp3) is 0. The molecule has 0 heterocycles. The Hall–Kier alpha value is -2.30. The van der Waals surface area contributed by atoms with Crippen LogP contribution in [-0.4, -0.2) is 5.11 Å². The lowest BCUT2D eigenvalue weighted by atomic mass is 10.1. The van der Waals surface area contributed by atoms with E-state index in [0.29, 0.717) is 16.7 Å². The Morgan fingerprint density at radius 2 is 1.38 bits per heavy atom. The molecule has 1 nitrogen and oxygen atoms in total. The molecule has 0 spiro atoms. The minimum atomic E-state index is -0.0657. The molecule has 0 bridgehead atoms. The van der Waals surface area contributed by atoms with E-state index in [1.54, 1.807) is 0 Å². The van der Waals surface area contributed by atoms with Crippen LogP contribution in [0.2, 0.25) is 0 Å². The van der Waals surface area contributed by atoms with Gasteiger partial charge in [0, 0.05) is 5.56 Å². The van der Waals surface area contributed by atoms with Gasteiger partial charge >= 0.3 is 0 Å². The van der Waals surface area contributed by atoms with E-state index >= 15 is 0 Å². The molecule has 0 aromatic heterocycles. The van der Waals surface area contributed by atoms with E-state index in [1.807, 2.05) is 0 Å². The van der Waals surface area contributed by atoms with Gasteiger partial charge in [-0.15, -0.1) is 19.3 Å². The Labute approximate surface area is 77.4 Å².